The molecular formula is C18H13F3N4O. The van der Waals surface area contributed by atoms with E-state index in [-0.39, 0.29) is 17.4 Å². The molecule has 3 rings (SSSR count). The summed E-state index contributed by atoms with van der Waals surface area (Å²) in [5.41, 5.74) is 0.312. The Labute approximate surface area is 147 Å². The van der Waals surface area contributed by atoms with Crippen molar-refractivity contribution in [3.8, 4) is 11.4 Å². The average molecular weight is 358 g/mol. The second-order valence-electron chi connectivity index (χ2n) is 5.46. The number of carbonyl (C=O) groups is 1. The predicted octanol–water partition coefficient (Wildman–Crippen LogP) is 4.50. The number of rotatable bonds is 4. The van der Waals surface area contributed by atoms with Crippen LogP contribution in [0.1, 0.15) is 23.0 Å². The van der Waals surface area contributed by atoms with Gasteiger partial charge < -0.3 is 5.32 Å². The van der Waals surface area contributed by atoms with Crippen LogP contribution in [0.15, 0.2) is 54.9 Å². The number of anilines is 2. The van der Waals surface area contributed by atoms with Crippen LogP contribution in [0, 0.1) is 0 Å². The van der Waals surface area contributed by atoms with E-state index in [1.807, 2.05) is 0 Å². The molecule has 0 aliphatic carbocycles. The summed E-state index contributed by atoms with van der Waals surface area (Å²) in [5, 5.41) is 2.81. The Hall–Kier alpha value is -3.29. The smallest absolute Gasteiger partial charge is 0.340 e. The number of ketones is 1. The molecule has 0 amide bonds. The van der Waals surface area contributed by atoms with Crippen molar-refractivity contribution in [2.45, 2.75) is 13.1 Å². The van der Waals surface area contributed by atoms with Crippen LogP contribution in [0.2, 0.25) is 0 Å². The van der Waals surface area contributed by atoms with Gasteiger partial charge in [0.25, 0.3) is 0 Å². The molecule has 0 fully saturated rings. The van der Waals surface area contributed by atoms with Crippen LogP contribution in [-0.4, -0.2) is 20.7 Å². The predicted molar refractivity (Wildman–Crippen MR) is 90.0 cm³/mol. The van der Waals surface area contributed by atoms with Crippen LogP contribution in [0.5, 0.6) is 0 Å². The molecule has 0 spiro atoms. The van der Waals surface area contributed by atoms with E-state index in [2.05, 4.69) is 20.3 Å². The summed E-state index contributed by atoms with van der Waals surface area (Å²) >= 11 is 0. The van der Waals surface area contributed by atoms with Crippen molar-refractivity contribution >= 4 is 17.3 Å². The van der Waals surface area contributed by atoms with E-state index in [0.717, 1.165) is 6.07 Å². The largest absolute Gasteiger partial charge is 0.433 e. The molecule has 0 saturated heterocycles. The van der Waals surface area contributed by atoms with Gasteiger partial charge >= 0.3 is 6.18 Å². The zero-order chi connectivity index (χ0) is 18.7. The van der Waals surface area contributed by atoms with Gasteiger partial charge in [0.05, 0.1) is 0 Å². The second-order valence-corrected chi connectivity index (χ2v) is 5.46. The number of alkyl halides is 3. The molecule has 132 valence electrons. The summed E-state index contributed by atoms with van der Waals surface area (Å²) in [4.78, 5) is 22.9. The Morgan fingerprint density at radius 1 is 1.08 bits per heavy atom. The van der Waals surface area contributed by atoms with Gasteiger partial charge in [-0.3, -0.25) is 9.78 Å². The molecule has 2 aromatic heterocycles. The Kier molecular flexibility index (Phi) is 4.66. The minimum absolute atomic E-state index is 0.0123. The highest BCUT2D eigenvalue weighted by Gasteiger charge is 2.33. The van der Waals surface area contributed by atoms with E-state index in [4.69, 9.17) is 0 Å². The fourth-order valence-corrected chi connectivity index (χ4v) is 2.22. The first kappa shape index (κ1) is 17.5. The van der Waals surface area contributed by atoms with Gasteiger partial charge in [-0.2, -0.15) is 13.2 Å². The Morgan fingerprint density at radius 2 is 1.81 bits per heavy atom. The molecule has 26 heavy (non-hydrogen) atoms. The molecule has 8 heteroatoms. The number of nitrogens with zero attached hydrogens (tertiary/aromatic N) is 3. The minimum Gasteiger partial charge on any atom is -0.340 e. The first-order valence-electron chi connectivity index (χ1n) is 7.57. The number of pyridine rings is 1. The van der Waals surface area contributed by atoms with Crippen molar-refractivity contribution in [1.29, 1.82) is 0 Å². The first-order valence-corrected chi connectivity index (χ1v) is 7.57. The molecular weight excluding hydrogens is 345 g/mol. The molecule has 2 heterocycles. The number of Topliss-reactive ketones (excluding diaryl/α,β-unsaturated/α-hetero) is 1. The van der Waals surface area contributed by atoms with Gasteiger partial charge in [-0.1, -0.05) is 0 Å². The summed E-state index contributed by atoms with van der Waals surface area (Å²) < 4.78 is 39.5. The summed E-state index contributed by atoms with van der Waals surface area (Å²) in [6.07, 6.45) is -1.72. The molecule has 0 atom stereocenters. The molecule has 5 nitrogen and oxygen atoms in total. The van der Waals surface area contributed by atoms with Gasteiger partial charge in [0.1, 0.15) is 5.82 Å². The zero-order valence-corrected chi connectivity index (χ0v) is 13.6. The van der Waals surface area contributed by atoms with Crippen LogP contribution in [-0.2, 0) is 6.18 Å². The van der Waals surface area contributed by atoms with E-state index in [0.29, 0.717) is 16.8 Å². The molecule has 0 unspecified atom stereocenters. The molecule has 0 saturated carbocycles. The third kappa shape index (κ3) is 4.02. The lowest BCUT2D eigenvalue weighted by Crippen LogP contribution is -2.11. The number of aromatic nitrogens is 3. The van der Waals surface area contributed by atoms with Crippen LogP contribution in [0.3, 0.4) is 0 Å². The molecule has 0 radical (unpaired) electrons. The SMILES string of the molecule is CC(=O)c1ccc(Nc2cc(C(F)(F)F)nc(-c3cccnc3)n2)cc1. The number of benzene rings is 1. The van der Waals surface area contributed by atoms with E-state index >= 15 is 0 Å². The Morgan fingerprint density at radius 3 is 2.38 bits per heavy atom. The highest BCUT2D eigenvalue weighted by Crippen LogP contribution is 2.31. The van der Waals surface area contributed by atoms with E-state index in [1.165, 1.54) is 19.3 Å². The van der Waals surface area contributed by atoms with Crippen LogP contribution >= 0.6 is 0 Å². The number of hydrogen-bond acceptors (Lipinski definition) is 5. The van der Waals surface area contributed by atoms with Crippen molar-refractivity contribution in [3.05, 3.63) is 66.1 Å². The quantitative estimate of drug-likeness (QED) is 0.696. The number of halogens is 3. The molecule has 0 aliphatic rings. The van der Waals surface area contributed by atoms with Gasteiger partial charge in [-0.15, -0.1) is 0 Å². The summed E-state index contributed by atoms with van der Waals surface area (Å²) in [6.45, 7) is 1.43. The lowest BCUT2D eigenvalue weighted by Gasteiger charge is -2.12. The summed E-state index contributed by atoms with van der Waals surface area (Å²) in [6, 6.07) is 10.3. The molecule has 1 aromatic carbocycles. The third-order valence-corrected chi connectivity index (χ3v) is 3.50. The molecule has 3 aromatic rings. The van der Waals surface area contributed by atoms with Crippen LogP contribution < -0.4 is 5.32 Å². The van der Waals surface area contributed by atoms with E-state index in [9.17, 15) is 18.0 Å². The maximum absolute atomic E-state index is 13.2. The van der Waals surface area contributed by atoms with E-state index in [1.54, 1.807) is 36.4 Å². The average Bonchev–Trinajstić information content (AvgIpc) is 2.62. The Balaban J connectivity index is 1.99. The number of hydrogen-bond donors (Lipinski definition) is 1. The van der Waals surface area contributed by atoms with E-state index < -0.39 is 11.9 Å². The topological polar surface area (TPSA) is 67.8 Å². The van der Waals surface area contributed by atoms with Crippen LogP contribution in [0.4, 0.5) is 24.7 Å². The number of carbonyl (C=O) groups excluding carboxylic acids is 1. The molecule has 1 N–H and O–H groups in total. The van der Waals surface area contributed by atoms with Crippen molar-refractivity contribution in [2.24, 2.45) is 0 Å². The maximum Gasteiger partial charge on any atom is 0.433 e. The van der Waals surface area contributed by atoms with Gasteiger partial charge in [-0.05, 0) is 43.3 Å². The highest BCUT2D eigenvalue weighted by molar-refractivity contribution is 5.94. The second kappa shape index (κ2) is 6.91. The zero-order valence-electron chi connectivity index (χ0n) is 13.6. The minimum atomic E-state index is -4.62. The fraction of sp³-hybridized carbons (Fsp3) is 0.111. The third-order valence-electron chi connectivity index (χ3n) is 3.50. The van der Waals surface area contributed by atoms with Crippen molar-refractivity contribution < 1.29 is 18.0 Å². The van der Waals surface area contributed by atoms with Crippen molar-refractivity contribution in [2.75, 3.05) is 5.32 Å². The summed E-state index contributed by atoms with van der Waals surface area (Å²) in [7, 11) is 0. The molecule has 0 aliphatic heterocycles. The van der Waals surface area contributed by atoms with Gasteiger partial charge in [0.15, 0.2) is 17.3 Å². The van der Waals surface area contributed by atoms with Gasteiger partial charge in [0.2, 0.25) is 0 Å². The van der Waals surface area contributed by atoms with Gasteiger partial charge in [-0.25, -0.2) is 9.97 Å². The Bertz CT molecular complexity index is 925. The van der Waals surface area contributed by atoms with Gasteiger partial charge in [0, 0.05) is 35.3 Å². The first-order chi connectivity index (χ1) is 12.3. The summed E-state index contributed by atoms with van der Waals surface area (Å²) in [5.74, 6) is -0.200. The molecule has 0 bridgehead atoms. The van der Waals surface area contributed by atoms with Crippen molar-refractivity contribution in [3.63, 3.8) is 0 Å². The normalized spacial score (nSPS) is 11.2. The standard InChI is InChI=1S/C18H13F3N4O/c1-11(26)12-4-6-14(7-5-12)23-16-9-15(18(19,20)21)24-17(25-16)13-3-2-8-22-10-13/h2-10H,1H3,(H,23,24,25). The highest BCUT2D eigenvalue weighted by atomic mass is 19.4. The lowest BCUT2D eigenvalue weighted by atomic mass is 10.1. The van der Waals surface area contributed by atoms with Crippen molar-refractivity contribution in [1.82, 2.24) is 15.0 Å². The van der Waals surface area contributed by atoms with Crippen LogP contribution in [0.25, 0.3) is 11.4 Å². The maximum atomic E-state index is 13.2. The number of nitrogens with one attached hydrogen (secondary N) is 1. The monoisotopic (exact) mass is 358 g/mol. The lowest BCUT2D eigenvalue weighted by molar-refractivity contribution is -0.141. The fourth-order valence-electron chi connectivity index (χ4n) is 2.22.